The number of piperazine rings is 1. The van der Waals surface area contributed by atoms with Gasteiger partial charge in [-0.3, -0.25) is 9.59 Å². The second-order valence-corrected chi connectivity index (χ2v) is 8.66. The first-order chi connectivity index (χ1) is 16.4. The summed E-state index contributed by atoms with van der Waals surface area (Å²) >= 11 is 5.96. The maximum atomic E-state index is 12.6. The lowest BCUT2D eigenvalue weighted by Crippen LogP contribution is -2.51. The highest BCUT2D eigenvalue weighted by Crippen LogP contribution is 2.20. The van der Waals surface area contributed by atoms with E-state index in [0.717, 1.165) is 41.4 Å². The number of para-hydroxylation sites is 1. The van der Waals surface area contributed by atoms with E-state index < -0.39 is 0 Å². The number of carbonyl (C=O) groups is 2. The van der Waals surface area contributed by atoms with E-state index >= 15 is 0 Å². The van der Waals surface area contributed by atoms with Gasteiger partial charge in [0.2, 0.25) is 11.8 Å². The van der Waals surface area contributed by atoms with Crippen LogP contribution in [-0.2, 0) is 9.59 Å². The Morgan fingerprint density at radius 3 is 2.32 bits per heavy atom. The molecule has 1 aliphatic heterocycles. The van der Waals surface area contributed by atoms with Crippen LogP contribution in [0.1, 0.15) is 17.0 Å². The number of amides is 2. The number of rotatable bonds is 6. The zero-order valence-electron chi connectivity index (χ0n) is 19.4. The number of nitrogens with one attached hydrogen (secondary N) is 1. The monoisotopic (exact) mass is 477 g/mol. The van der Waals surface area contributed by atoms with Crippen LogP contribution in [0.2, 0.25) is 5.02 Å². The number of hydrogen-bond acceptors (Lipinski definition) is 4. The number of carbonyl (C=O) groups excluding carboxylic acids is 2. The van der Waals surface area contributed by atoms with Crippen LogP contribution in [0.25, 0.3) is 11.8 Å². The Morgan fingerprint density at radius 1 is 0.971 bits per heavy atom. The predicted octanol–water partition coefficient (Wildman–Crippen LogP) is 3.62. The number of aryl methyl sites for hydroxylation is 1. The summed E-state index contributed by atoms with van der Waals surface area (Å²) in [5.74, 6) is -0.388. The summed E-state index contributed by atoms with van der Waals surface area (Å²) in [4.78, 5) is 28.9. The molecule has 1 saturated heterocycles. The Morgan fingerprint density at radius 2 is 1.65 bits per heavy atom. The van der Waals surface area contributed by atoms with Gasteiger partial charge in [0, 0.05) is 54.2 Å². The van der Waals surface area contributed by atoms with Gasteiger partial charge in [0.25, 0.3) is 0 Å². The molecule has 8 heteroatoms. The van der Waals surface area contributed by atoms with E-state index in [1.54, 1.807) is 11.0 Å². The Bertz CT molecular complexity index is 1180. The normalized spacial score (nSPS) is 14.0. The molecule has 2 amide bonds. The van der Waals surface area contributed by atoms with Crippen molar-refractivity contribution in [2.75, 3.05) is 37.6 Å². The lowest BCUT2D eigenvalue weighted by Gasteiger charge is -2.36. The maximum absolute atomic E-state index is 12.6. The van der Waals surface area contributed by atoms with Crippen molar-refractivity contribution in [3.8, 4) is 5.69 Å². The smallest absolute Gasteiger partial charge is 0.244 e. The van der Waals surface area contributed by atoms with E-state index in [1.165, 1.54) is 6.08 Å². The van der Waals surface area contributed by atoms with E-state index in [2.05, 4.69) is 15.3 Å². The van der Waals surface area contributed by atoms with Crippen LogP contribution in [0.5, 0.6) is 0 Å². The largest absolute Gasteiger partial charge is 0.368 e. The molecule has 2 heterocycles. The Balaban J connectivity index is 1.28. The molecule has 1 aromatic heterocycles. The average molecular weight is 478 g/mol. The highest BCUT2D eigenvalue weighted by atomic mass is 35.5. The third kappa shape index (κ3) is 5.48. The molecule has 0 bridgehead atoms. The van der Waals surface area contributed by atoms with Gasteiger partial charge < -0.3 is 15.1 Å². The summed E-state index contributed by atoms with van der Waals surface area (Å²) in [6, 6.07) is 17.6. The van der Waals surface area contributed by atoms with Crippen LogP contribution in [-0.4, -0.2) is 59.2 Å². The summed E-state index contributed by atoms with van der Waals surface area (Å²) in [5.41, 5.74) is 4.73. The van der Waals surface area contributed by atoms with E-state index in [0.29, 0.717) is 18.1 Å². The molecule has 4 rings (SSSR count). The third-order valence-corrected chi connectivity index (χ3v) is 6.24. The molecule has 176 valence electrons. The summed E-state index contributed by atoms with van der Waals surface area (Å²) in [6.07, 6.45) is 3.21. The standard InChI is InChI=1S/C26H28ClN5O2/c1-19-24(20(2)32(29-19)23-6-4-3-5-7-23)12-13-25(33)28-18-26(34)31-16-14-30(15-17-31)22-10-8-21(27)9-11-22/h3-13H,14-18H2,1-2H3,(H,28,33)/b13-12+. The molecular formula is C26H28ClN5O2. The molecule has 2 aromatic carbocycles. The molecule has 0 atom stereocenters. The Labute approximate surface area is 204 Å². The van der Waals surface area contributed by atoms with Gasteiger partial charge in [0.15, 0.2) is 0 Å². The van der Waals surface area contributed by atoms with E-state index in [4.69, 9.17) is 11.6 Å². The van der Waals surface area contributed by atoms with Crippen LogP contribution < -0.4 is 10.2 Å². The second kappa shape index (κ2) is 10.6. The molecule has 0 saturated carbocycles. The van der Waals surface area contributed by atoms with Gasteiger partial charge in [-0.05, 0) is 56.3 Å². The van der Waals surface area contributed by atoms with E-state index in [-0.39, 0.29) is 18.4 Å². The molecule has 7 nitrogen and oxygen atoms in total. The first-order valence-electron chi connectivity index (χ1n) is 11.3. The van der Waals surface area contributed by atoms with Crippen molar-refractivity contribution in [1.29, 1.82) is 0 Å². The van der Waals surface area contributed by atoms with Gasteiger partial charge in [-0.1, -0.05) is 29.8 Å². The summed E-state index contributed by atoms with van der Waals surface area (Å²) in [5, 5.41) is 8.00. The number of halogens is 1. The average Bonchev–Trinajstić information content (AvgIpc) is 3.15. The number of nitrogens with zero attached hydrogens (tertiary/aromatic N) is 4. The zero-order chi connectivity index (χ0) is 24.1. The van der Waals surface area contributed by atoms with Gasteiger partial charge in [-0.15, -0.1) is 0 Å². The molecule has 1 N–H and O–H groups in total. The van der Waals surface area contributed by atoms with Crippen LogP contribution in [0.15, 0.2) is 60.7 Å². The molecule has 0 unspecified atom stereocenters. The van der Waals surface area contributed by atoms with E-state index in [1.807, 2.05) is 73.1 Å². The Kier molecular flexibility index (Phi) is 7.33. The number of benzene rings is 2. The fourth-order valence-electron chi connectivity index (χ4n) is 4.07. The molecule has 1 fully saturated rings. The van der Waals surface area contributed by atoms with Gasteiger partial charge in [0.1, 0.15) is 0 Å². The predicted molar refractivity (Wildman–Crippen MR) is 135 cm³/mol. The summed E-state index contributed by atoms with van der Waals surface area (Å²) in [6.45, 7) is 6.57. The maximum Gasteiger partial charge on any atom is 0.244 e. The molecule has 0 spiro atoms. The van der Waals surface area contributed by atoms with E-state index in [9.17, 15) is 9.59 Å². The second-order valence-electron chi connectivity index (χ2n) is 8.23. The quantitative estimate of drug-likeness (QED) is 0.550. The van der Waals surface area contributed by atoms with Crippen molar-refractivity contribution < 1.29 is 9.59 Å². The minimum atomic E-state index is -0.306. The minimum absolute atomic E-state index is 0.0225. The van der Waals surface area contributed by atoms with Crippen molar-refractivity contribution in [2.24, 2.45) is 0 Å². The van der Waals surface area contributed by atoms with Crippen molar-refractivity contribution >= 4 is 35.2 Å². The van der Waals surface area contributed by atoms with Crippen LogP contribution in [0.4, 0.5) is 5.69 Å². The molecular weight excluding hydrogens is 450 g/mol. The Hall–Kier alpha value is -3.58. The molecule has 3 aromatic rings. The first-order valence-corrected chi connectivity index (χ1v) is 11.7. The van der Waals surface area contributed by atoms with Gasteiger partial charge in [0.05, 0.1) is 17.9 Å². The summed E-state index contributed by atoms with van der Waals surface area (Å²) in [7, 11) is 0. The lowest BCUT2D eigenvalue weighted by molar-refractivity contribution is -0.132. The van der Waals surface area contributed by atoms with Crippen molar-refractivity contribution in [3.63, 3.8) is 0 Å². The lowest BCUT2D eigenvalue weighted by atomic mass is 10.2. The van der Waals surface area contributed by atoms with Gasteiger partial charge in [-0.25, -0.2) is 4.68 Å². The topological polar surface area (TPSA) is 70.5 Å². The van der Waals surface area contributed by atoms with Crippen molar-refractivity contribution in [3.05, 3.63) is 82.6 Å². The number of aromatic nitrogens is 2. The van der Waals surface area contributed by atoms with Crippen LogP contribution in [0, 0.1) is 13.8 Å². The zero-order valence-corrected chi connectivity index (χ0v) is 20.1. The fraction of sp³-hybridized carbons (Fsp3) is 0.269. The highest BCUT2D eigenvalue weighted by Gasteiger charge is 2.21. The van der Waals surface area contributed by atoms with Crippen LogP contribution in [0.3, 0.4) is 0 Å². The molecule has 0 radical (unpaired) electrons. The van der Waals surface area contributed by atoms with Gasteiger partial charge in [-0.2, -0.15) is 5.10 Å². The number of anilines is 1. The number of hydrogen-bond donors (Lipinski definition) is 1. The van der Waals surface area contributed by atoms with Crippen LogP contribution >= 0.6 is 11.6 Å². The summed E-state index contributed by atoms with van der Waals surface area (Å²) < 4.78 is 1.86. The third-order valence-electron chi connectivity index (χ3n) is 5.99. The van der Waals surface area contributed by atoms with Gasteiger partial charge >= 0.3 is 0 Å². The first kappa shape index (κ1) is 23.6. The molecule has 34 heavy (non-hydrogen) atoms. The van der Waals surface area contributed by atoms with Crippen molar-refractivity contribution in [1.82, 2.24) is 20.0 Å². The van der Waals surface area contributed by atoms with Crippen molar-refractivity contribution in [2.45, 2.75) is 13.8 Å². The SMILES string of the molecule is Cc1nn(-c2ccccc2)c(C)c1/C=C/C(=O)NCC(=O)N1CCN(c2ccc(Cl)cc2)CC1. The fourth-order valence-corrected chi connectivity index (χ4v) is 4.20. The minimum Gasteiger partial charge on any atom is -0.368 e. The molecule has 0 aliphatic carbocycles. The molecule has 1 aliphatic rings. The highest BCUT2D eigenvalue weighted by molar-refractivity contribution is 6.30.